The topological polar surface area (TPSA) is 74.8 Å². The maximum Gasteiger partial charge on any atom is 0.411 e. The Morgan fingerprint density at radius 2 is 0.848 bits per heavy atom. The summed E-state index contributed by atoms with van der Waals surface area (Å²) in [5.41, 5.74) is -9.25. The van der Waals surface area contributed by atoms with Crippen LogP contribution in [-0.2, 0) is 5.41 Å². The monoisotopic (exact) mass is 470 g/mol. The molecule has 6 nitrogen and oxygen atoms in total. The van der Waals surface area contributed by atoms with Gasteiger partial charge in [-0.1, -0.05) is 12.1 Å². The zero-order valence-corrected chi connectivity index (χ0v) is 16.8. The Kier molecular flexibility index (Phi) is 4.54. The molecule has 12 heteroatoms. The molecule has 0 spiro atoms. The highest BCUT2D eigenvalue weighted by Gasteiger charge is 2.73. The SMILES string of the molecule is CN1C(=O)c2ccc(C(c3ccc4c(c3)C(=O)N(C)C4=O)(C(F)(F)F)C(F)(F)F)cc2C1=O. The molecule has 0 saturated carbocycles. The Bertz CT molecular complexity index is 1170. The number of carbonyl (C=O) groups is 4. The summed E-state index contributed by atoms with van der Waals surface area (Å²) in [6.07, 6.45) is -12.0. The van der Waals surface area contributed by atoms with Crippen molar-refractivity contribution in [2.45, 2.75) is 17.8 Å². The number of hydrogen-bond acceptors (Lipinski definition) is 4. The molecule has 4 amide bonds. The first kappa shape index (κ1) is 22.5. The highest BCUT2D eigenvalue weighted by Crippen LogP contribution is 2.57. The third-order valence-electron chi connectivity index (χ3n) is 5.90. The zero-order valence-electron chi connectivity index (χ0n) is 16.8. The molecule has 172 valence electrons. The van der Waals surface area contributed by atoms with Crippen LogP contribution in [0.2, 0.25) is 0 Å². The van der Waals surface area contributed by atoms with E-state index in [-0.39, 0.29) is 11.1 Å². The molecule has 0 fully saturated rings. The van der Waals surface area contributed by atoms with Gasteiger partial charge in [-0.2, -0.15) is 26.3 Å². The summed E-state index contributed by atoms with van der Waals surface area (Å²) in [6, 6.07) is 3.22. The first-order valence-corrected chi connectivity index (χ1v) is 9.22. The summed E-state index contributed by atoms with van der Waals surface area (Å²) in [7, 11) is 2.09. The Balaban J connectivity index is 2.06. The highest BCUT2D eigenvalue weighted by atomic mass is 19.4. The van der Waals surface area contributed by atoms with E-state index >= 15 is 0 Å². The van der Waals surface area contributed by atoms with Gasteiger partial charge in [-0.15, -0.1) is 0 Å². The number of halogens is 6. The van der Waals surface area contributed by atoms with Gasteiger partial charge in [-0.3, -0.25) is 29.0 Å². The van der Waals surface area contributed by atoms with Crippen molar-refractivity contribution in [2.24, 2.45) is 0 Å². The van der Waals surface area contributed by atoms with E-state index < -0.39 is 63.7 Å². The van der Waals surface area contributed by atoms with Crippen molar-refractivity contribution in [1.29, 1.82) is 0 Å². The first-order valence-electron chi connectivity index (χ1n) is 9.22. The van der Waals surface area contributed by atoms with Gasteiger partial charge in [-0.05, 0) is 35.4 Å². The Hall–Kier alpha value is -3.70. The molecule has 0 aliphatic carbocycles. The molecular formula is C21H12F6N2O4. The fourth-order valence-electron chi connectivity index (χ4n) is 4.17. The maximum absolute atomic E-state index is 14.4. The Labute approximate surface area is 181 Å². The Morgan fingerprint density at radius 3 is 1.15 bits per heavy atom. The van der Waals surface area contributed by atoms with Crippen LogP contribution in [-0.4, -0.2) is 59.9 Å². The standard InChI is InChI=1S/C21H12F6N2O4/c1-28-15(30)11-5-3-9(7-13(11)17(28)32)19(20(22,23)24,21(25,26)27)10-4-6-12-14(8-10)18(33)29(2)16(12)31/h3-8H,1-2H3. The van der Waals surface area contributed by atoms with E-state index in [0.29, 0.717) is 34.1 Å². The van der Waals surface area contributed by atoms with Gasteiger partial charge in [0.1, 0.15) is 0 Å². The molecule has 0 radical (unpaired) electrons. The van der Waals surface area contributed by atoms with Crippen LogP contribution in [0.1, 0.15) is 52.6 Å². The maximum atomic E-state index is 14.4. The van der Waals surface area contributed by atoms with Crippen LogP contribution in [0.15, 0.2) is 36.4 Å². The van der Waals surface area contributed by atoms with Gasteiger partial charge in [0.05, 0.1) is 22.3 Å². The number of imide groups is 2. The van der Waals surface area contributed by atoms with Gasteiger partial charge in [0.25, 0.3) is 23.6 Å². The van der Waals surface area contributed by atoms with Gasteiger partial charge in [-0.25, -0.2) is 0 Å². The molecule has 33 heavy (non-hydrogen) atoms. The van der Waals surface area contributed by atoms with Gasteiger partial charge in [0.2, 0.25) is 5.41 Å². The highest BCUT2D eigenvalue weighted by molar-refractivity contribution is 6.22. The lowest BCUT2D eigenvalue weighted by Crippen LogP contribution is -2.55. The van der Waals surface area contributed by atoms with E-state index in [9.17, 15) is 45.5 Å². The molecule has 0 saturated heterocycles. The quantitative estimate of drug-likeness (QED) is 0.497. The van der Waals surface area contributed by atoms with Crippen molar-refractivity contribution in [3.05, 3.63) is 69.8 Å². The van der Waals surface area contributed by atoms with Crippen LogP contribution in [0.25, 0.3) is 0 Å². The molecule has 4 rings (SSSR count). The summed E-state index contributed by atoms with van der Waals surface area (Å²) in [5, 5.41) is 0. The van der Waals surface area contributed by atoms with Crippen LogP contribution in [0.4, 0.5) is 26.3 Å². The number of hydrogen-bond donors (Lipinski definition) is 0. The first-order chi connectivity index (χ1) is 15.1. The van der Waals surface area contributed by atoms with Gasteiger partial charge in [0.15, 0.2) is 0 Å². The molecule has 2 aromatic carbocycles. The third kappa shape index (κ3) is 2.75. The van der Waals surface area contributed by atoms with E-state index in [4.69, 9.17) is 0 Å². The van der Waals surface area contributed by atoms with E-state index in [1.165, 1.54) is 0 Å². The van der Waals surface area contributed by atoms with Crippen LogP contribution in [0, 0.1) is 0 Å². The number of benzene rings is 2. The molecule has 0 N–H and O–H groups in total. The fourth-order valence-corrected chi connectivity index (χ4v) is 4.17. The average molecular weight is 470 g/mol. The lowest BCUT2D eigenvalue weighted by molar-refractivity contribution is -0.288. The predicted octanol–water partition coefficient (Wildman–Crippen LogP) is 3.55. The van der Waals surface area contributed by atoms with Gasteiger partial charge < -0.3 is 0 Å². The van der Waals surface area contributed by atoms with Crippen LogP contribution in [0.5, 0.6) is 0 Å². The van der Waals surface area contributed by atoms with E-state index in [1.54, 1.807) is 0 Å². The van der Waals surface area contributed by atoms with Crippen molar-refractivity contribution in [3.8, 4) is 0 Å². The van der Waals surface area contributed by atoms with Crippen LogP contribution < -0.4 is 0 Å². The van der Waals surface area contributed by atoms with Crippen molar-refractivity contribution >= 4 is 23.6 Å². The van der Waals surface area contributed by atoms with Crippen molar-refractivity contribution in [3.63, 3.8) is 0 Å². The summed E-state index contributed by atoms with van der Waals surface area (Å²) in [6.45, 7) is 0. The molecule has 0 bridgehead atoms. The number of fused-ring (bicyclic) bond motifs is 2. The molecule has 0 atom stereocenters. The fraction of sp³-hybridized carbons (Fsp3) is 0.238. The van der Waals surface area contributed by atoms with Gasteiger partial charge >= 0.3 is 12.4 Å². The largest absolute Gasteiger partial charge is 0.411 e. The zero-order chi connectivity index (χ0) is 24.7. The number of carbonyl (C=O) groups excluding carboxylic acids is 4. The molecule has 2 aliphatic rings. The Morgan fingerprint density at radius 1 is 0.545 bits per heavy atom. The molecule has 0 aromatic heterocycles. The van der Waals surface area contributed by atoms with Crippen molar-refractivity contribution in [1.82, 2.24) is 9.80 Å². The number of alkyl halides is 6. The number of amides is 4. The minimum absolute atomic E-state index is 0.333. The third-order valence-corrected chi connectivity index (χ3v) is 5.90. The minimum atomic E-state index is -5.98. The van der Waals surface area contributed by atoms with Crippen molar-refractivity contribution in [2.75, 3.05) is 14.1 Å². The van der Waals surface area contributed by atoms with Crippen molar-refractivity contribution < 1.29 is 45.5 Å². The summed E-state index contributed by atoms with van der Waals surface area (Å²) in [4.78, 5) is 49.7. The summed E-state index contributed by atoms with van der Waals surface area (Å²) < 4.78 is 86.4. The van der Waals surface area contributed by atoms with E-state index in [2.05, 4.69) is 0 Å². The second-order valence-electron chi connectivity index (χ2n) is 7.60. The van der Waals surface area contributed by atoms with E-state index in [0.717, 1.165) is 26.2 Å². The summed E-state index contributed by atoms with van der Waals surface area (Å²) >= 11 is 0. The second kappa shape index (κ2) is 6.65. The number of nitrogens with zero attached hydrogens (tertiary/aromatic N) is 2. The average Bonchev–Trinajstić information content (AvgIpc) is 3.06. The van der Waals surface area contributed by atoms with Crippen LogP contribution >= 0.6 is 0 Å². The molecule has 0 unspecified atom stereocenters. The molecule has 2 heterocycles. The smallest absolute Gasteiger partial charge is 0.277 e. The predicted molar refractivity (Wildman–Crippen MR) is 98.6 cm³/mol. The molecule has 2 aliphatic heterocycles. The summed E-state index contributed by atoms with van der Waals surface area (Å²) in [5.74, 6) is -3.83. The lowest BCUT2D eigenvalue weighted by Gasteiger charge is -2.38. The molecular weight excluding hydrogens is 458 g/mol. The minimum Gasteiger partial charge on any atom is -0.277 e. The number of rotatable bonds is 2. The molecule has 2 aromatic rings. The van der Waals surface area contributed by atoms with Gasteiger partial charge in [0, 0.05) is 14.1 Å². The van der Waals surface area contributed by atoms with E-state index in [1.807, 2.05) is 0 Å². The lowest BCUT2D eigenvalue weighted by atomic mass is 9.71. The second-order valence-corrected chi connectivity index (χ2v) is 7.60. The van der Waals surface area contributed by atoms with Crippen LogP contribution in [0.3, 0.4) is 0 Å². The normalized spacial score (nSPS) is 16.6.